The van der Waals surface area contributed by atoms with Gasteiger partial charge in [-0.15, -0.1) is 0 Å². The van der Waals surface area contributed by atoms with Crippen LogP contribution in [0.4, 0.5) is 13.6 Å². The lowest BCUT2D eigenvalue weighted by molar-refractivity contribution is -0.132. The van der Waals surface area contributed by atoms with Gasteiger partial charge < -0.3 is 5.32 Å². The molecule has 0 spiro atoms. The fourth-order valence-electron chi connectivity index (χ4n) is 2.01. The Morgan fingerprint density at radius 3 is 2.38 bits per heavy atom. The molecule has 0 aliphatic carbocycles. The molecule has 1 aliphatic heterocycles. The van der Waals surface area contributed by atoms with Gasteiger partial charge in [0.1, 0.15) is 5.54 Å². The molecule has 0 aromatic heterocycles. The molecule has 1 aliphatic rings. The third kappa shape index (κ3) is 2.48. The van der Waals surface area contributed by atoms with Gasteiger partial charge >= 0.3 is 6.03 Å². The largest absolute Gasteiger partial charge is 0.325 e. The van der Waals surface area contributed by atoms with Gasteiger partial charge in [0.2, 0.25) is 0 Å². The fourth-order valence-corrected chi connectivity index (χ4v) is 2.01. The molecule has 6 heteroatoms. The molecule has 0 unspecified atom stereocenters. The minimum absolute atomic E-state index is 0.195. The van der Waals surface area contributed by atoms with Gasteiger partial charge in [0, 0.05) is 0 Å². The molecule has 0 aromatic carbocycles. The second-order valence-electron chi connectivity index (χ2n) is 4.67. The van der Waals surface area contributed by atoms with Crippen LogP contribution in [0.1, 0.15) is 27.2 Å². The Morgan fingerprint density at radius 1 is 1.38 bits per heavy atom. The van der Waals surface area contributed by atoms with Gasteiger partial charge in [-0.05, 0) is 19.3 Å². The second-order valence-corrected chi connectivity index (χ2v) is 4.67. The van der Waals surface area contributed by atoms with Crippen molar-refractivity contribution in [3.8, 4) is 0 Å². The summed E-state index contributed by atoms with van der Waals surface area (Å²) in [6.45, 7) is 4.54. The zero-order valence-corrected chi connectivity index (χ0v) is 9.59. The van der Waals surface area contributed by atoms with Crippen molar-refractivity contribution in [1.82, 2.24) is 10.2 Å². The van der Waals surface area contributed by atoms with Crippen LogP contribution in [-0.2, 0) is 4.79 Å². The summed E-state index contributed by atoms with van der Waals surface area (Å²) in [5.41, 5.74) is -1.04. The molecule has 0 aromatic rings. The number of imide groups is 1. The van der Waals surface area contributed by atoms with E-state index >= 15 is 0 Å². The predicted octanol–water partition coefficient (Wildman–Crippen LogP) is 1.61. The number of rotatable bonds is 4. The van der Waals surface area contributed by atoms with Crippen molar-refractivity contribution < 1.29 is 18.4 Å². The number of hydrogen-bond acceptors (Lipinski definition) is 2. The number of halogens is 2. The van der Waals surface area contributed by atoms with E-state index in [4.69, 9.17) is 0 Å². The Morgan fingerprint density at radius 2 is 1.94 bits per heavy atom. The number of carbonyl (C=O) groups excluding carboxylic acids is 2. The number of nitrogens with one attached hydrogen (secondary N) is 1. The van der Waals surface area contributed by atoms with E-state index in [9.17, 15) is 18.4 Å². The van der Waals surface area contributed by atoms with Gasteiger partial charge in [-0.3, -0.25) is 9.69 Å². The van der Waals surface area contributed by atoms with Crippen LogP contribution in [-0.4, -0.2) is 35.3 Å². The maximum absolute atomic E-state index is 12.2. The monoisotopic (exact) mass is 234 g/mol. The van der Waals surface area contributed by atoms with E-state index in [-0.39, 0.29) is 5.92 Å². The molecule has 1 rings (SSSR count). The number of alkyl halides is 2. The van der Waals surface area contributed by atoms with Crippen LogP contribution < -0.4 is 5.32 Å². The van der Waals surface area contributed by atoms with Crippen molar-refractivity contribution in [3.05, 3.63) is 0 Å². The molecule has 16 heavy (non-hydrogen) atoms. The van der Waals surface area contributed by atoms with Crippen LogP contribution >= 0.6 is 0 Å². The van der Waals surface area contributed by atoms with E-state index in [1.165, 1.54) is 0 Å². The van der Waals surface area contributed by atoms with Crippen LogP contribution in [0.2, 0.25) is 0 Å². The summed E-state index contributed by atoms with van der Waals surface area (Å²) < 4.78 is 24.3. The third-order valence-corrected chi connectivity index (χ3v) is 2.48. The van der Waals surface area contributed by atoms with Crippen molar-refractivity contribution in [3.63, 3.8) is 0 Å². The molecular formula is C10H16F2N2O2. The van der Waals surface area contributed by atoms with E-state index in [0.29, 0.717) is 11.3 Å². The highest BCUT2D eigenvalue weighted by Crippen LogP contribution is 2.25. The highest BCUT2D eigenvalue weighted by Gasteiger charge is 2.48. The van der Waals surface area contributed by atoms with Crippen LogP contribution in [0.15, 0.2) is 0 Å². The van der Waals surface area contributed by atoms with Gasteiger partial charge in [-0.1, -0.05) is 13.8 Å². The molecule has 1 heterocycles. The normalized spacial score (nSPS) is 25.8. The molecule has 1 atom stereocenters. The first-order valence-electron chi connectivity index (χ1n) is 5.18. The summed E-state index contributed by atoms with van der Waals surface area (Å²) in [6, 6.07) is -0.728. The molecule has 3 amide bonds. The number of amides is 3. The number of nitrogens with zero attached hydrogens (tertiary/aromatic N) is 1. The first-order chi connectivity index (χ1) is 7.26. The lowest BCUT2D eigenvalue weighted by Gasteiger charge is -2.23. The summed E-state index contributed by atoms with van der Waals surface area (Å²) >= 11 is 0. The van der Waals surface area contributed by atoms with Gasteiger partial charge in [-0.2, -0.15) is 0 Å². The molecule has 4 nitrogen and oxygen atoms in total. The van der Waals surface area contributed by atoms with Crippen LogP contribution in [0, 0.1) is 5.92 Å². The van der Waals surface area contributed by atoms with Gasteiger partial charge in [0.15, 0.2) is 0 Å². The van der Waals surface area contributed by atoms with Crippen molar-refractivity contribution in [2.75, 3.05) is 6.54 Å². The lowest BCUT2D eigenvalue weighted by atomic mass is 9.91. The van der Waals surface area contributed by atoms with E-state index in [1.807, 2.05) is 13.8 Å². The Labute approximate surface area is 93.0 Å². The van der Waals surface area contributed by atoms with Gasteiger partial charge in [0.05, 0.1) is 6.54 Å². The van der Waals surface area contributed by atoms with Crippen LogP contribution in [0.25, 0.3) is 0 Å². The van der Waals surface area contributed by atoms with Crippen molar-refractivity contribution in [2.45, 2.75) is 39.2 Å². The summed E-state index contributed by atoms with van der Waals surface area (Å²) in [4.78, 5) is 23.8. The standard InChI is InChI=1S/C10H16F2N2O2/c1-6(2)4-10(3)8(15)14(5-7(11)12)9(16)13-10/h6-7H,4-5H2,1-3H3,(H,13,16)/t10-/m1/s1. The SMILES string of the molecule is CC(C)C[C@@]1(C)NC(=O)N(CC(F)F)C1=O. The summed E-state index contributed by atoms with van der Waals surface area (Å²) in [6.07, 6.45) is -2.26. The Hall–Kier alpha value is -1.20. The third-order valence-electron chi connectivity index (χ3n) is 2.48. The van der Waals surface area contributed by atoms with E-state index in [1.54, 1.807) is 6.92 Å². The van der Waals surface area contributed by atoms with Gasteiger partial charge in [0.25, 0.3) is 12.3 Å². The Balaban J connectivity index is 2.80. The Bertz CT molecular complexity index is 307. The smallest absolute Gasteiger partial charge is 0.323 e. The Kier molecular flexibility index (Phi) is 3.50. The molecular weight excluding hydrogens is 218 g/mol. The molecule has 0 radical (unpaired) electrons. The summed E-state index contributed by atoms with van der Waals surface area (Å²) in [5.74, 6) is -0.368. The quantitative estimate of drug-likeness (QED) is 0.751. The van der Waals surface area contributed by atoms with E-state index < -0.39 is 30.4 Å². The van der Waals surface area contributed by atoms with Crippen molar-refractivity contribution in [1.29, 1.82) is 0 Å². The first-order valence-corrected chi connectivity index (χ1v) is 5.18. The first kappa shape index (κ1) is 12.9. The predicted molar refractivity (Wildman–Crippen MR) is 54.1 cm³/mol. The van der Waals surface area contributed by atoms with Crippen LogP contribution in [0.3, 0.4) is 0 Å². The zero-order chi connectivity index (χ0) is 12.5. The fraction of sp³-hybridized carbons (Fsp3) is 0.800. The highest BCUT2D eigenvalue weighted by atomic mass is 19.3. The maximum Gasteiger partial charge on any atom is 0.325 e. The molecule has 1 saturated heterocycles. The lowest BCUT2D eigenvalue weighted by Crippen LogP contribution is -2.45. The molecule has 1 fully saturated rings. The van der Waals surface area contributed by atoms with E-state index in [0.717, 1.165) is 0 Å². The maximum atomic E-state index is 12.2. The summed E-state index contributed by atoms with van der Waals surface area (Å²) in [7, 11) is 0. The van der Waals surface area contributed by atoms with Crippen LogP contribution in [0.5, 0.6) is 0 Å². The number of hydrogen-bond donors (Lipinski definition) is 1. The van der Waals surface area contributed by atoms with E-state index in [2.05, 4.69) is 5.32 Å². The second kappa shape index (κ2) is 4.35. The van der Waals surface area contributed by atoms with Crippen molar-refractivity contribution >= 4 is 11.9 Å². The number of carbonyl (C=O) groups is 2. The number of urea groups is 1. The molecule has 0 saturated carbocycles. The van der Waals surface area contributed by atoms with Crippen molar-refractivity contribution in [2.24, 2.45) is 5.92 Å². The molecule has 1 N–H and O–H groups in total. The highest BCUT2D eigenvalue weighted by molar-refractivity contribution is 6.06. The molecule has 92 valence electrons. The summed E-state index contributed by atoms with van der Waals surface area (Å²) in [5, 5.41) is 2.47. The average molecular weight is 234 g/mol. The average Bonchev–Trinajstić information content (AvgIpc) is 2.27. The van der Waals surface area contributed by atoms with Gasteiger partial charge in [-0.25, -0.2) is 13.6 Å². The molecule has 0 bridgehead atoms. The topological polar surface area (TPSA) is 49.4 Å². The minimum atomic E-state index is -2.70. The minimum Gasteiger partial charge on any atom is -0.323 e. The zero-order valence-electron chi connectivity index (χ0n) is 9.59.